The van der Waals surface area contributed by atoms with Crippen LogP contribution in [0.1, 0.15) is 18.4 Å². The molecule has 0 fully saturated rings. The molecule has 0 spiro atoms. The number of hydrogen-bond donors (Lipinski definition) is 3. The van der Waals surface area contributed by atoms with Gasteiger partial charge in [-0.1, -0.05) is 46.3 Å². The molecule has 1 atom stereocenters. The van der Waals surface area contributed by atoms with Crippen LogP contribution in [0.4, 0.5) is 10.5 Å². The summed E-state index contributed by atoms with van der Waals surface area (Å²) in [6, 6.07) is 15.2. The highest BCUT2D eigenvalue weighted by molar-refractivity contribution is 9.10. The highest BCUT2D eigenvalue weighted by atomic mass is 79.9. The Balaban J connectivity index is 1.95. The predicted molar refractivity (Wildman–Crippen MR) is 105 cm³/mol. The Bertz CT molecular complexity index is 781. The average Bonchev–Trinajstić information content (AvgIpc) is 2.66. The van der Waals surface area contributed by atoms with E-state index in [9.17, 15) is 14.4 Å². The Morgan fingerprint density at radius 1 is 1.04 bits per heavy atom. The van der Waals surface area contributed by atoms with Gasteiger partial charge in [-0.15, -0.1) is 0 Å². The number of ether oxygens (including phenoxy) is 1. The highest BCUT2D eigenvalue weighted by Gasteiger charge is 2.22. The van der Waals surface area contributed by atoms with Gasteiger partial charge in [0, 0.05) is 16.6 Å². The Labute approximate surface area is 165 Å². The molecule has 0 aliphatic heterocycles. The summed E-state index contributed by atoms with van der Waals surface area (Å²) in [6.45, 7) is 0.0730. The third-order valence-electron chi connectivity index (χ3n) is 3.61. The van der Waals surface area contributed by atoms with Gasteiger partial charge in [-0.25, -0.2) is 4.79 Å². The van der Waals surface area contributed by atoms with E-state index in [1.165, 1.54) is 0 Å². The lowest BCUT2D eigenvalue weighted by atomic mass is 10.1. The summed E-state index contributed by atoms with van der Waals surface area (Å²) in [4.78, 5) is 35.6. The first kappa shape index (κ1) is 20.4. The Kier molecular flexibility index (Phi) is 7.81. The van der Waals surface area contributed by atoms with Crippen LogP contribution in [0.2, 0.25) is 0 Å². The molecule has 0 saturated carbocycles. The van der Waals surface area contributed by atoms with E-state index in [1.807, 2.05) is 30.3 Å². The fraction of sp³-hybridized carbons (Fsp3) is 0.211. The van der Waals surface area contributed by atoms with Gasteiger partial charge >= 0.3 is 6.09 Å². The van der Waals surface area contributed by atoms with Crippen LogP contribution in [-0.4, -0.2) is 23.9 Å². The van der Waals surface area contributed by atoms with Crippen LogP contribution in [0.25, 0.3) is 0 Å². The van der Waals surface area contributed by atoms with E-state index in [0.29, 0.717) is 5.69 Å². The van der Waals surface area contributed by atoms with Gasteiger partial charge in [0.15, 0.2) is 0 Å². The minimum Gasteiger partial charge on any atom is -0.445 e. The minimum absolute atomic E-state index is 0.0443. The number of rotatable bonds is 8. The second-order valence-electron chi connectivity index (χ2n) is 5.76. The summed E-state index contributed by atoms with van der Waals surface area (Å²) in [6.07, 6.45) is -0.727. The van der Waals surface area contributed by atoms with E-state index in [0.717, 1.165) is 10.0 Å². The summed E-state index contributed by atoms with van der Waals surface area (Å²) >= 11 is 3.31. The Morgan fingerprint density at radius 2 is 1.70 bits per heavy atom. The van der Waals surface area contributed by atoms with Gasteiger partial charge in [-0.2, -0.15) is 0 Å². The van der Waals surface area contributed by atoms with E-state index in [2.05, 4.69) is 26.6 Å². The molecule has 8 heteroatoms. The average molecular weight is 434 g/mol. The zero-order chi connectivity index (χ0) is 19.6. The molecule has 0 heterocycles. The summed E-state index contributed by atoms with van der Waals surface area (Å²) in [5.41, 5.74) is 6.54. The summed E-state index contributed by atoms with van der Waals surface area (Å²) < 4.78 is 6.00. The highest BCUT2D eigenvalue weighted by Crippen LogP contribution is 2.15. The third kappa shape index (κ3) is 7.49. The van der Waals surface area contributed by atoms with Crippen molar-refractivity contribution in [2.75, 3.05) is 5.32 Å². The van der Waals surface area contributed by atoms with Gasteiger partial charge in [0.25, 0.3) is 0 Å². The van der Waals surface area contributed by atoms with Crippen molar-refractivity contribution in [3.63, 3.8) is 0 Å². The summed E-state index contributed by atoms with van der Waals surface area (Å²) in [5.74, 6) is -1.02. The maximum Gasteiger partial charge on any atom is 0.408 e. The van der Waals surface area contributed by atoms with Crippen molar-refractivity contribution < 1.29 is 19.1 Å². The Morgan fingerprint density at radius 3 is 2.33 bits per heavy atom. The van der Waals surface area contributed by atoms with Gasteiger partial charge in [0.2, 0.25) is 11.8 Å². The summed E-state index contributed by atoms with van der Waals surface area (Å²) in [5, 5.41) is 5.17. The number of hydrogen-bond acceptors (Lipinski definition) is 4. The lowest BCUT2D eigenvalue weighted by molar-refractivity contribution is -0.119. The quantitative estimate of drug-likeness (QED) is 0.593. The molecule has 7 nitrogen and oxygen atoms in total. The second-order valence-corrected chi connectivity index (χ2v) is 6.68. The fourth-order valence-electron chi connectivity index (χ4n) is 2.23. The standard InChI is InChI=1S/C19H20BrN3O4/c20-14-6-8-15(9-7-14)22-18(25)16(10-11-17(21)24)23-19(26)27-12-13-4-2-1-3-5-13/h1-9,16H,10-12H2,(H2,21,24)(H,22,25)(H,23,26)/t16-/m0/s1. The molecule has 0 radical (unpaired) electrons. The molecule has 0 saturated heterocycles. The number of benzene rings is 2. The summed E-state index contributed by atoms with van der Waals surface area (Å²) in [7, 11) is 0. The van der Waals surface area contributed by atoms with E-state index < -0.39 is 23.9 Å². The van der Waals surface area contributed by atoms with Crippen molar-refractivity contribution in [1.82, 2.24) is 5.32 Å². The van der Waals surface area contributed by atoms with Crippen molar-refractivity contribution in [1.29, 1.82) is 0 Å². The molecule has 142 valence electrons. The normalized spacial score (nSPS) is 11.3. The van der Waals surface area contributed by atoms with Crippen molar-refractivity contribution >= 4 is 39.5 Å². The van der Waals surface area contributed by atoms with Gasteiger partial charge in [-0.3, -0.25) is 9.59 Å². The number of amides is 3. The molecule has 27 heavy (non-hydrogen) atoms. The predicted octanol–water partition coefficient (Wildman–Crippen LogP) is 2.95. The maximum atomic E-state index is 12.5. The van der Waals surface area contributed by atoms with Crippen molar-refractivity contribution in [2.45, 2.75) is 25.5 Å². The van der Waals surface area contributed by atoms with E-state index >= 15 is 0 Å². The first-order valence-electron chi connectivity index (χ1n) is 8.26. The number of nitrogens with two attached hydrogens (primary N) is 1. The Hall–Kier alpha value is -2.87. The molecule has 2 aromatic rings. The van der Waals surface area contributed by atoms with E-state index in [1.54, 1.807) is 24.3 Å². The molecule has 0 unspecified atom stereocenters. The van der Waals surface area contributed by atoms with Crippen molar-refractivity contribution in [3.8, 4) is 0 Å². The van der Waals surface area contributed by atoms with Gasteiger partial charge in [0.05, 0.1) is 0 Å². The smallest absolute Gasteiger partial charge is 0.408 e. The number of carbonyl (C=O) groups excluding carboxylic acids is 3. The van der Waals surface area contributed by atoms with Crippen LogP contribution in [0.5, 0.6) is 0 Å². The first-order valence-corrected chi connectivity index (χ1v) is 9.05. The first-order chi connectivity index (χ1) is 12.9. The monoisotopic (exact) mass is 433 g/mol. The number of nitrogens with one attached hydrogen (secondary N) is 2. The largest absolute Gasteiger partial charge is 0.445 e. The molecule has 2 rings (SSSR count). The van der Waals surface area contributed by atoms with Gasteiger partial charge < -0.3 is 21.1 Å². The molecule has 0 aliphatic rings. The van der Waals surface area contributed by atoms with Crippen LogP contribution < -0.4 is 16.4 Å². The molecule has 2 aromatic carbocycles. The van der Waals surface area contributed by atoms with Crippen LogP contribution >= 0.6 is 15.9 Å². The van der Waals surface area contributed by atoms with Gasteiger partial charge in [0.1, 0.15) is 12.6 Å². The molecule has 3 amide bonds. The minimum atomic E-state index is -0.954. The molecule has 0 aliphatic carbocycles. The van der Waals surface area contributed by atoms with E-state index in [4.69, 9.17) is 10.5 Å². The van der Waals surface area contributed by atoms with Crippen LogP contribution in [0.3, 0.4) is 0 Å². The lowest BCUT2D eigenvalue weighted by Crippen LogP contribution is -2.44. The second kappa shape index (κ2) is 10.3. The van der Waals surface area contributed by atoms with Crippen LogP contribution in [0.15, 0.2) is 59.1 Å². The molecule has 0 bridgehead atoms. The zero-order valence-electron chi connectivity index (χ0n) is 14.5. The maximum absolute atomic E-state index is 12.5. The van der Waals surface area contributed by atoms with Gasteiger partial charge in [-0.05, 0) is 36.2 Å². The van der Waals surface area contributed by atoms with E-state index in [-0.39, 0.29) is 19.4 Å². The number of anilines is 1. The number of alkyl carbamates (subject to hydrolysis) is 1. The van der Waals surface area contributed by atoms with Crippen molar-refractivity contribution in [2.24, 2.45) is 5.73 Å². The molecule has 0 aromatic heterocycles. The topological polar surface area (TPSA) is 111 Å². The van der Waals surface area contributed by atoms with Crippen LogP contribution in [-0.2, 0) is 20.9 Å². The number of carbonyl (C=O) groups is 3. The molecular weight excluding hydrogens is 414 g/mol. The van der Waals surface area contributed by atoms with Crippen molar-refractivity contribution in [3.05, 3.63) is 64.6 Å². The lowest BCUT2D eigenvalue weighted by Gasteiger charge is -2.18. The number of primary amides is 1. The molecular formula is C19H20BrN3O4. The molecule has 4 N–H and O–H groups in total. The zero-order valence-corrected chi connectivity index (χ0v) is 16.1. The van der Waals surface area contributed by atoms with Crippen LogP contribution in [0, 0.1) is 0 Å². The third-order valence-corrected chi connectivity index (χ3v) is 4.14. The fourth-order valence-corrected chi connectivity index (χ4v) is 2.49. The number of halogens is 1. The SMILES string of the molecule is NC(=O)CC[C@H](NC(=O)OCc1ccccc1)C(=O)Nc1ccc(Br)cc1.